The third-order valence-corrected chi connectivity index (χ3v) is 3.73. The monoisotopic (exact) mass is 340 g/mol. The first-order valence-electron chi connectivity index (χ1n) is 8.31. The van der Waals surface area contributed by atoms with Crippen LogP contribution < -0.4 is 15.4 Å². The van der Waals surface area contributed by atoms with Gasteiger partial charge in [0.25, 0.3) is 5.91 Å². The lowest BCUT2D eigenvalue weighted by atomic mass is 10.1. The van der Waals surface area contributed by atoms with E-state index in [9.17, 15) is 9.59 Å². The summed E-state index contributed by atoms with van der Waals surface area (Å²) < 4.78 is 5.92. The van der Waals surface area contributed by atoms with Gasteiger partial charge in [0, 0.05) is 18.3 Å². The van der Waals surface area contributed by atoms with Crippen LogP contribution in [0.25, 0.3) is 0 Å². The van der Waals surface area contributed by atoms with Crippen molar-refractivity contribution in [1.29, 1.82) is 0 Å². The van der Waals surface area contributed by atoms with Crippen LogP contribution in [0.5, 0.6) is 5.75 Å². The highest BCUT2D eigenvalue weighted by Gasteiger charge is 2.19. The average Bonchev–Trinajstić information content (AvgIpc) is 2.55. The molecule has 5 heteroatoms. The molecule has 2 N–H and O–H groups in total. The van der Waals surface area contributed by atoms with Gasteiger partial charge in [0.05, 0.1) is 0 Å². The van der Waals surface area contributed by atoms with Crippen molar-refractivity contribution in [2.24, 2.45) is 0 Å². The van der Waals surface area contributed by atoms with Gasteiger partial charge in [-0.15, -0.1) is 0 Å². The molecule has 0 unspecified atom stereocenters. The molecule has 2 amide bonds. The molecule has 25 heavy (non-hydrogen) atoms. The molecule has 5 nitrogen and oxygen atoms in total. The third-order valence-electron chi connectivity index (χ3n) is 3.73. The molecular formula is C20H24N2O3. The Kier molecular flexibility index (Phi) is 6.17. The minimum Gasteiger partial charge on any atom is -0.480 e. The smallest absolute Gasteiger partial charge is 0.265 e. The van der Waals surface area contributed by atoms with Crippen LogP contribution >= 0.6 is 0 Å². The fourth-order valence-electron chi connectivity index (χ4n) is 2.41. The molecule has 0 saturated heterocycles. The van der Waals surface area contributed by atoms with E-state index in [4.69, 9.17) is 4.74 Å². The van der Waals surface area contributed by atoms with Crippen molar-refractivity contribution in [3.8, 4) is 5.75 Å². The molecule has 0 saturated carbocycles. The number of carbonyl (C=O) groups excluding carboxylic acids is 2. The summed E-state index contributed by atoms with van der Waals surface area (Å²) in [6.45, 7) is 7.29. The molecule has 2 rings (SSSR count). The Morgan fingerprint density at radius 3 is 2.36 bits per heavy atom. The van der Waals surface area contributed by atoms with Crippen LogP contribution in [0.2, 0.25) is 0 Å². The van der Waals surface area contributed by atoms with Gasteiger partial charge in [-0.1, -0.05) is 25.1 Å². The lowest BCUT2D eigenvalue weighted by Gasteiger charge is -2.19. The first-order chi connectivity index (χ1) is 11.9. The fourth-order valence-corrected chi connectivity index (χ4v) is 2.41. The van der Waals surface area contributed by atoms with Crippen LogP contribution in [0.3, 0.4) is 0 Å². The highest BCUT2D eigenvalue weighted by Crippen LogP contribution is 2.22. The van der Waals surface area contributed by atoms with Crippen molar-refractivity contribution in [1.82, 2.24) is 0 Å². The molecule has 0 aromatic heterocycles. The van der Waals surface area contributed by atoms with Crippen molar-refractivity contribution in [3.63, 3.8) is 0 Å². The number of benzene rings is 2. The number of rotatable bonds is 6. The molecule has 0 bridgehead atoms. The molecule has 0 heterocycles. The molecule has 0 fully saturated rings. The molecule has 0 aliphatic carbocycles. The van der Waals surface area contributed by atoms with Crippen molar-refractivity contribution in [2.75, 3.05) is 10.6 Å². The zero-order valence-electron chi connectivity index (χ0n) is 15.1. The maximum atomic E-state index is 12.6. The molecule has 132 valence electrons. The summed E-state index contributed by atoms with van der Waals surface area (Å²) in [5.41, 5.74) is 3.32. The van der Waals surface area contributed by atoms with E-state index in [0.717, 1.165) is 11.1 Å². The van der Waals surface area contributed by atoms with E-state index in [1.54, 1.807) is 24.3 Å². The molecule has 2 aromatic carbocycles. The maximum absolute atomic E-state index is 12.6. The summed E-state index contributed by atoms with van der Waals surface area (Å²) in [5, 5.41) is 5.54. The number of amides is 2. The van der Waals surface area contributed by atoms with Gasteiger partial charge in [0.2, 0.25) is 5.91 Å². The lowest BCUT2D eigenvalue weighted by molar-refractivity contribution is -0.122. The van der Waals surface area contributed by atoms with Crippen molar-refractivity contribution < 1.29 is 14.3 Å². The van der Waals surface area contributed by atoms with E-state index in [0.29, 0.717) is 23.5 Å². The number of aryl methyl sites for hydroxylation is 2. The van der Waals surface area contributed by atoms with E-state index in [2.05, 4.69) is 10.6 Å². The molecule has 2 aromatic rings. The second-order valence-corrected chi connectivity index (χ2v) is 6.03. The Labute approximate surface area is 148 Å². The van der Waals surface area contributed by atoms with Crippen LogP contribution in [-0.2, 0) is 9.59 Å². The molecule has 0 spiro atoms. The Hall–Kier alpha value is -2.82. The first-order valence-corrected chi connectivity index (χ1v) is 8.31. The van der Waals surface area contributed by atoms with Gasteiger partial charge in [0.15, 0.2) is 6.10 Å². The molecular weight excluding hydrogens is 316 g/mol. The minimum absolute atomic E-state index is 0.159. The number of nitrogens with one attached hydrogen (secondary N) is 2. The Balaban J connectivity index is 2.09. The first kappa shape index (κ1) is 18.5. The third kappa shape index (κ3) is 5.35. The summed E-state index contributed by atoms with van der Waals surface area (Å²) in [7, 11) is 0. The summed E-state index contributed by atoms with van der Waals surface area (Å²) in [5.74, 6) is 0.338. The van der Waals surface area contributed by atoms with Gasteiger partial charge in [-0.3, -0.25) is 9.59 Å². The quantitative estimate of drug-likeness (QED) is 0.833. The van der Waals surface area contributed by atoms with Gasteiger partial charge >= 0.3 is 0 Å². The Morgan fingerprint density at radius 2 is 1.72 bits per heavy atom. The predicted molar refractivity (Wildman–Crippen MR) is 100.0 cm³/mol. The van der Waals surface area contributed by atoms with Crippen LogP contribution in [0, 0.1) is 13.8 Å². The molecule has 0 aliphatic rings. The number of ether oxygens (including phenoxy) is 1. The standard InChI is InChI=1S/C20H24N2O3/c1-5-18(25-19-11-13(2)9-10-14(19)3)20(24)22-17-8-6-7-16(12-17)21-15(4)23/h6-12,18H,5H2,1-4H3,(H,21,23)(H,22,24)/t18-/m1/s1. The Morgan fingerprint density at radius 1 is 1.04 bits per heavy atom. The van der Waals surface area contributed by atoms with Crippen LogP contribution in [-0.4, -0.2) is 17.9 Å². The number of hydrogen-bond acceptors (Lipinski definition) is 3. The fraction of sp³-hybridized carbons (Fsp3) is 0.300. The van der Waals surface area contributed by atoms with Crippen molar-refractivity contribution in [2.45, 2.75) is 40.2 Å². The van der Waals surface area contributed by atoms with E-state index in [-0.39, 0.29) is 11.8 Å². The molecule has 1 atom stereocenters. The number of carbonyl (C=O) groups is 2. The minimum atomic E-state index is -0.593. The summed E-state index contributed by atoms with van der Waals surface area (Å²) in [4.78, 5) is 23.7. The van der Waals surface area contributed by atoms with Gasteiger partial charge in [-0.2, -0.15) is 0 Å². The van der Waals surface area contributed by atoms with Crippen LogP contribution in [0.15, 0.2) is 42.5 Å². The highest BCUT2D eigenvalue weighted by atomic mass is 16.5. The van der Waals surface area contributed by atoms with Gasteiger partial charge in [-0.05, 0) is 55.7 Å². The zero-order valence-corrected chi connectivity index (χ0v) is 15.1. The van der Waals surface area contributed by atoms with Gasteiger partial charge in [-0.25, -0.2) is 0 Å². The lowest BCUT2D eigenvalue weighted by Crippen LogP contribution is -2.32. The van der Waals surface area contributed by atoms with E-state index < -0.39 is 6.10 Å². The van der Waals surface area contributed by atoms with E-state index in [1.807, 2.05) is 39.0 Å². The summed E-state index contributed by atoms with van der Waals surface area (Å²) in [6, 6.07) is 12.9. The maximum Gasteiger partial charge on any atom is 0.265 e. The van der Waals surface area contributed by atoms with Crippen LogP contribution in [0.1, 0.15) is 31.4 Å². The van der Waals surface area contributed by atoms with Gasteiger partial charge in [0.1, 0.15) is 5.75 Å². The topological polar surface area (TPSA) is 67.4 Å². The number of anilines is 2. The van der Waals surface area contributed by atoms with Crippen molar-refractivity contribution in [3.05, 3.63) is 53.6 Å². The van der Waals surface area contributed by atoms with E-state index >= 15 is 0 Å². The summed E-state index contributed by atoms with van der Waals surface area (Å²) in [6.07, 6.45) is -0.0464. The van der Waals surface area contributed by atoms with Crippen LogP contribution in [0.4, 0.5) is 11.4 Å². The predicted octanol–water partition coefficient (Wildman–Crippen LogP) is 4.06. The summed E-state index contributed by atoms with van der Waals surface area (Å²) >= 11 is 0. The normalized spacial score (nSPS) is 11.5. The Bertz CT molecular complexity index is 771. The average molecular weight is 340 g/mol. The number of hydrogen-bond donors (Lipinski definition) is 2. The second kappa shape index (κ2) is 8.33. The molecule has 0 radical (unpaired) electrons. The zero-order chi connectivity index (χ0) is 18.4. The SMILES string of the molecule is CC[C@@H](Oc1cc(C)ccc1C)C(=O)Nc1cccc(NC(C)=O)c1. The molecule has 0 aliphatic heterocycles. The second-order valence-electron chi connectivity index (χ2n) is 6.03. The van der Waals surface area contributed by atoms with Crippen molar-refractivity contribution >= 4 is 23.2 Å². The highest BCUT2D eigenvalue weighted by molar-refractivity contribution is 5.95. The van der Waals surface area contributed by atoms with E-state index in [1.165, 1.54) is 6.92 Å². The van der Waals surface area contributed by atoms with Gasteiger partial charge < -0.3 is 15.4 Å². The largest absolute Gasteiger partial charge is 0.480 e.